The minimum absolute atomic E-state index is 0.193. The fourth-order valence-electron chi connectivity index (χ4n) is 2.52. The molecule has 3 rings (SSSR count). The second-order valence-electron chi connectivity index (χ2n) is 5.62. The van der Waals surface area contributed by atoms with Crippen molar-refractivity contribution in [3.63, 3.8) is 0 Å². The van der Waals surface area contributed by atoms with Gasteiger partial charge in [0.2, 0.25) is 5.91 Å². The van der Waals surface area contributed by atoms with Gasteiger partial charge < -0.3 is 14.8 Å². The highest BCUT2D eigenvalue weighted by atomic mass is 32.2. The van der Waals surface area contributed by atoms with Crippen LogP contribution in [0.25, 0.3) is 11.0 Å². The van der Waals surface area contributed by atoms with Crippen molar-refractivity contribution in [2.75, 3.05) is 25.3 Å². The quantitative estimate of drug-likeness (QED) is 0.473. The number of thioether (sulfide) groups is 1. The average molecular weight is 401 g/mol. The predicted molar refractivity (Wildman–Crippen MR) is 106 cm³/mol. The smallest absolute Gasteiger partial charge is 0.264 e. The Morgan fingerprint density at radius 3 is 2.71 bits per heavy atom. The van der Waals surface area contributed by atoms with Gasteiger partial charge in [-0.15, -0.1) is 0 Å². The second kappa shape index (κ2) is 8.70. The zero-order valence-corrected chi connectivity index (χ0v) is 16.4. The fraction of sp³-hybridized carbons (Fsp3) is 0.278. The van der Waals surface area contributed by atoms with E-state index in [9.17, 15) is 9.59 Å². The summed E-state index contributed by atoms with van der Waals surface area (Å²) in [6.07, 6.45) is 2.75. The Morgan fingerprint density at radius 2 is 2.00 bits per heavy atom. The van der Waals surface area contributed by atoms with Crippen LogP contribution >= 0.6 is 11.8 Å². The van der Waals surface area contributed by atoms with Gasteiger partial charge in [0.25, 0.3) is 5.56 Å². The Hall–Kier alpha value is -3.14. The first-order chi connectivity index (χ1) is 13.5. The maximum absolute atomic E-state index is 12.6. The summed E-state index contributed by atoms with van der Waals surface area (Å²) in [5.74, 6) is 1.48. The van der Waals surface area contributed by atoms with Crippen molar-refractivity contribution in [3.05, 3.63) is 41.1 Å². The predicted octanol–water partition coefficient (Wildman–Crippen LogP) is 1.95. The zero-order valence-electron chi connectivity index (χ0n) is 15.6. The summed E-state index contributed by atoms with van der Waals surface area (Å²) in [6.45, 7) is 1.79. The van der Waals surface area contributed by atoms with Crippen LogP contribution in [0.1, 0.15) is 6.92 Å². The van der Waals surface area contributed by atoms with Gasteiger partial charge in [-0.05, 0) is 17.9 Å². The number of carbonyl (C=O) groups is 1. The molecule has 0 fully saturated rings. The van der Waals surface area contributed by atoms with Gasteiger partial charge in [-0.2, -0.15) is 0 Å². The topological polar surface area (TPSA) is 108 Å². The Bertz CT molecular complexity index is 1070. The number of hydrogen-bond donors (Lipinski definition) is 1. The third-order valence-electron chi connectivity index (χ3n) is 3.81. The SMILES string of the molecule is CCSc1ncc2c(=O)n(CC(=O)Nc3ccc(OC)c(OC)c3)cnc2n1. The number of aromatic nitrogens is 4. The molecule has 0 atom stereocenters. The average Bonchev–Trinajstić information content (AvgIpc) is 2.70. The van der Waals surface area contributed by atoms with E-state index in [0.717, 1.165) is 5.75 Å². The number of nitrogens with one attached hydrogen (secondary N) is 1. The van der Waals surface area contributed by atoms with Crippen LogP contribution in [0.5, 0.6) is 11.5 Å². The molecule has 10 heteroatoms. The summed E-state index contributed by atoms with van der Waals surface area (Å²) in [4.78, 5) is 37.5. The van der Waals surface area contributed by atoms with E-state index in [-0.39, 0.29) is 23.4 Å². The number of ether oxygens (including phenoxy) is 2. The molecule has 0 aliphatic heterocycles. The highest BCUT2D eigenvalue weighted by Crippen LogP contribution is 2.29. The van der Waals surface area contributed by atoms with E-state index in [4.69, 9.17) is 9.47 Å². The largest absolute Gasteiger partial charge is 0.493 e. The molecule has 2 aromatic heterocycles. The number of rotatable bonds is 7. The van der Waals surface area contributed by atoms with Gasteiger partial charge in [0.15, 0.2) is 22.3 Å². The molecule has 3 aromatic rings. The van der Waals surface area contributed by atoms with Crippen molar-refractivity contribution in [2.45, 2.75) is 18.6 Å². The minimum Gasteiger partial charge on any atom is -0.493 e. The van der Waals surface area contributed by atoms with Gasteiger partial charge >= 0.3 is 0 Å². The molecule has 9 nitrogen and oxygen atoms in total. The van der Waals surface area contributed by atoms with Crippen LogP contribution in [0.2, 0.25) is 0 Å². The molecule has 0 bridgehead atoms. The summed E-state index contributed by atoms with van der Waals surface area (Å²) in [5.41, 5.74) is 0.460. The highest BCUT2D eigenvalue weighted by molar-refractivity contribution is 7.99. The lowest BCUT2D eigenvalue weighted by atomic mass is 10.2. The third kappa shape index (κ3) is 4.22. The number of amides is 1. The van der Waals surface area contributed by atoms with Crippen LogP contribution in [0.3, 0.4) is 0 Å². The van der Waals surface area contributed by atoms with E-state index in [1.54, 1.807) is 18.2 Å². The van der Waals surface area contributed by atoms with E-state index < -0.39 is 0 Å². The van der Waals surface area contributed by atoms with Crippen molar-refractivity contribution in [3.8, 4) is 11.5 Å². The molecule has 0 aliphatic carbocycles. The van der Waals surface area contributed by atoms with Crippen molar-refractivity contribution in [2.24, 2.45) is 0 Å². The first kappa shape index (κ1) is 19.6. The normalized spacial score (nSPS) is 10.7. The maximum Gasteiger partial charge on any atom is 0.264 e. The Balaban J connectivity index is 1.78. The summed E-state index contributed by atoms with van der Waals surface area (Å²) in [7, 11) is 3.04. The second-order valence-corrected chi connectivity index (χ2v) is 6.85. The van der Waals surface area contributed by atoms with E-state index >= 15 is 0 Å². The molecule has 1 aromatic carbocycles. The van der Waals surface area contributed by atoms with E-state index in [1.165, 1.54) is 43.1 Å². The van der Waals surface area contributed by atoms with Gasteiger partial charge in [0.05, 0.1) is 14.2 Å². The Labute approximate surface area is 165 Å². The lowest BCUT2D eigenvalue weighted by Gasteiger charge is -2.11. The molecule has 28 heavy (non-hydrogen) atoms. The minimum atomic E-state index is -0.380. The summed E-state index contributed by atoms with van der Waals surface area (Å²) in [5, 5.41) is 3.55. The van der Waals surface area contributed by atoms with Crippen LogP contribution in [-0.4, -0.2) is 45.4 Å². The van der Waals surface area contributed by atoms with Gasteiger partial charge in [-0.3, -0.25) is 14.2 Å². The van der Waals surface area contributed by atoms with Crippen molar-refractivity contribution in [1.82, 2.24) is 19.5 Å². The third-order valence-corrected chi connectivity index (χ3v) is 4.56. The molecule has 0 radical (unpaired) electrons. The van der Waals surface area contributed by atoms with Crippen LogP contribution in [0.15, 0.2) is 40.7 Å². The lowest BCUT2D eigenvalue weighted by Crippen LogP contribution is -2.28. The molecule has 1 N–H and O–H groups in total. The van der Waals surface area contributed by atoms with Crippen molar-refractivity contribution >= 4 is 34.4 Å². The van der Waals surface area contributed by atoms with E-state index in [0.29, 0.717) is 28.0 Å². The summed E-state index contributed by atoms with van der Waals surface area (Å²) < 4.78 is 11.6. The van der Waals surface area contributed by atoms with Gasteiger partial charge in [-0.25, -0.2) is 15.0 Å². The fourth-order valence-corrected chi connectivity index (χ4v) is 3.05. The van der Waals surface area contributed by atoms with Gasteiger partial charge in [-0.1, -0.05) is 18.7 Å². The number of fused-ring (bicyclic) bond motifs is 1. The van der Waals surface area contributed by atoms with Crippen molar-refractivity contribution in [1.29, 1.82) is 0 Å². The molecule has 0 unspecified atom stereocenters. The number of anilines is 1. The zero-order chi connectivity index (χ0) is 20.1. The molecule has 0 aliphatic rings. The Morgan fingerprint density at radius 1 is 1.21 bits per heavy atom. The Kier molecular flexibility index (Phi) is 6.09. The van der Waals surface area contributed by atoms with Crippen LogP contribution < -0.4 is 20.3 Å². The number of nitrogens with zero attached hydrogens (tertiary/aromatic N) is 4. The number of hydrogen-bond acceptors (Lipinski definition) is 8. The standard InChI is InChI=1S/C18H19N5O4S/c1-4-28-18-19-8-12-16(22-18)20-10-23(17(12)25)9-15(24)21-11-5-6-13(26-2)14(7-11)27-3/h5-8,10H,4,9H2,1-3H3,(H,21,24). The monoisotopic (exact) mass is 401 g/mol. The van der Waals surface area contributed by atoms with Crippen LogP contribution in [0.4, 0.5) is 5.69 Å². The molecule has 0 saturated heterocycles. The molecular formula is C18H19N5O4S. The molecule has 0 saturated carbocycles. The number of benzene rings is 1. The number of methoxy groups -OCH3 is 2. The highest BCUT2D eigenvalue weighted by Gasteiger charge is 2.12. The van der Waals surface area contributed by atoms with Crippen LogP contribution in [-0.2, 0) is 11.3 Å². The van der Waals surface area contributed by atoms with Crippen LogP contribution in [0, 0.1) is 0 Å². The first-order valence-corrected chi connectivity index (χ1v) is 9.41. The first-order valence-electron chi connectivity index (χ1n) is 8.42. The lowest BCUT2D eigenvalue weighted by molar-refractivity contribution is -0.116. The van der Waals surface area contributed by atoms with E-state index in [2.05, 4.69) is 20.3 Å². The van der Waals surface area contributed by atoms with E-state index in [1.807, 2.05) is 6.92 Å². The molecule has 1 amide bonds. The molecule has 146 valence electrons. The van der Waals surface area contributed by atoms with Gasteiger partial charge in [0.1, 0.15) is 18.3 Å². The molecular weight excluding hydrogens is 382 g/mol. The number of carbonyl (C=O) groups excluding carboxylic acids is 1. The summed E-state index contributed by atoms with van der Waals surface area (Å²) in [6, 6.07) is 5.00. The molecule has 2 heterocycles. The van der Waals surface area contributed by atoms with Gasteiger partial charge in [0, 0.05) is 18.0 Å². The molecule has 0 spiro atoms. The maximum atomic E-state index is 12.6. The summed E-state index contributed by atoms with van der Waals surface area (Å²) >= 11 is 1.46. The van der Waals surface area contributed by atoms with Crippen molar-refractivity contribution < 1.29 is 14.3 Å².